The zero-order valence-electron chi connectivity index (χ0n) is 12.7. The van der Waals surface area contributed by atoms with Crippen LogP contribution in [0.5, 0.6) is 5.75 Å². The quantitative estimate of drug-likeness (QED) is 0.614. The largest absolute Gasteiger partial charge is 0.497 e. The first-order valence-electron chi connectivity index (χ1n) is 7.04. The van der Waals surface area contributed by atoms with Crippen molar-refractivity contribution >= 4 is 49.7 Å². The summed E-state index contributed by atoms with van der Waals surface area (Å²) in [5, 5.41) is 3.73. The molecule has 0 saturated carbocycles. The molecular formula is C17H14BrN3O2S. The summed E-state index contributed by atoms with van der Waals surface area (Å²) in [5.74, 6) is 0.762. The number of carbonyl (C=O) groups is 1. The molecule has 0 amide bonds. The summed E-state index contributed by atoms with van der Waals surface area (Å²) in [6, 6.07) is 14.6. The van der Waals surface area contributed by atoms with E-state index in [0.717, 1.165) is 10.2 Å². The molecule has 3 rings (SSSR count). The van der Waals surface area contributed by atoms with Crippen molar-refractivity contribution in [3.63, 3.8) is 0 Å². The van der Waals surface area contributed by atoms with Crippen LogP contribution in [0.2, 0.25) is 0 Å². The van der Waals surface area contributed by atoms with Gasteiger partial charge in [0.1, 0.15) is 16.4 Å². The minimum absolute atomic E-state index is 0.156. The molecule has 5 nitrogen and oxygen atoms in total. The number of hydrogen-bond donors (Lipinski definition) is 2. The fraction of sp³-hybridized carbons (Fsp3) is 0.0588. The minimum atomic E-state index is -0.156. The molecule has 0 aliphatic carbocycles. The third-order valence-corrected chi connectivity index (χ3v) is 4.82. The number of nitrogens with zero attached hydrogens (tertiary/aromatic N) is 1. The Labute approximate surface area is 151 Å². The number of benzene rings is 2. The molecule has 0 saturated heterocycles. The maximum absolute atomic E-state index is 12.6. The van der Waals surface area contributed by atoms with Gasteiger partial charge in [0.2, 0.25) is 5.78 Å². The molecule has 0 unspecified atom stereocenters. The van der Waals surface area contributed by atoms with Gasteiger partial charge in [0.25, 0.3) is 0 Å². The molecule has 0 atom stereocenters. The van der Waals surface area contributed by atoms with Gasteiger partial charge in [-0.3, -0.25) is 4.79 Å². The van der Waals surface area contributed by atoms with E-state index in [1.165, 1.54) is 11.3 Å². The van der Waals surface area contributed by atoms with Gasteiger partial charge < -0.3 is 15.8 Å². The Balaban J connectivity index is 1.82. The molecule has 1 aromatic heterocycles. The van der Waals surface area contributed by atoms with Crippen molar-refractivity contribution in [1.29, 1.82) is 0 Å². The van der Waals surface area contributed by atoms with E-state index in [1.807, 2.05) is 24.3 Å². The lowest BCUT2D eigenvalue weighted by Crippen LogP contribution is -2.02. The number of nitrogens with two attached hydrogens (primary N) is 1. The molecule has 0 bridgehead atoms. The van der Waals surface area contributed by atoms with Crippen LogP contribution in [0.15, 0.2) is 53.0 Å². The van der Waals surface area contributed by atoms with Crippen molar-refractivity contribution < 1.29 is 9.53 Å². The first-order chi connectivity index (χ1) is 11.6. The molecule has 24 heavy (non-hydrogen) atoms. The second kappa shape index (κ2) is 7.02. The smallest absolute Gasteiger partial charge is 0.206 e. The van der Waals surface area contributed by atoms with E-state index in [4.69, 9.17) is 10.5 Å². The number of halogens is 1. The maximum Gasteiger partial charge on any atom is 0.206 e. The third kappa shape index (κ3) is 3.58. The van der Waals surface area contributed by atoms with Crippen molar-refractivity contribution in [2.75, 3.05) is 18.2 Å². The number of nitrogens with one attached hydrogen (secondary N) is 1. The monoisotopic (exact) mass is 403 g/mol. The van der Waals surface area contributed by atoms with Crippen molar-refractivity contribution in [3.8, 4) is 5.75 Å². The lowest BCUT2D eigenvalue weighted by molar-refractivity contribution is 0.104. The number of methoxy groups -OCH3 is 1. The topological polar surface area (TPSA) is 77.2 Å². The predicted octanol–water partition coefficient (Wildman–Crippen LogP) is 4.47. The highest BCUT2D eigenvalue weighted by molar-refractivity contribution is 9.10. The van der Waals surface area contributed by atoms with Gasteiger partial charge in [-0.2, -0.15) is 0 Å². The van der Waals surface area contributed by atoms with Gasteiger partial charge in [0.15, 0.2) is 5.13 Å². The lowest BCUT2D eigenvalue weighted by Gasteiger charge is -2.02. The van der Waals surface area contributed by atoms with Gasteiger partial charge in [-0.15, -0.1) is 0 Å². The average molecular weight is 404 g/mol. The highest BCUT2D eigenvalue weighted by Crippen LogP contribution is 2.30. The highest BCUT2D eigenvalue weighted by atomic mass is 79.9. The van der Waals surface area contributed by atoms with Gasteiger partial charge in [-0.25, -0.2) is 4.98 Å². The van der Waals surface area contributed by atoms with Crippen LogP contribution in [0.1, 0.15) is 15.2 Å². The molecule has 1 heterocycles. The molecule has 2 aromatic carbocycles. The fourth-order valence-corrected chi connectivity index (χ4v) is 3.21. The van der Waals surface area contributed by atoms with Gasteiger partial charge in [0.05, 0.1) is 7.11 Å². The Morgan fingerprint density at radius 1 is 1.17 bits per heavy atom. The highest BCUT2D eigenvalue weighted by Gasteiger charge is 2.18. The number of thiazole rings is 1. The van der Waals surface area contributed by atoms with Crippen molar-refractivity contribution in [1.82, 2.24) is 4.98 Å². The van der Waals surface area contributed by atoms with E-state index >= 15 is 0 Å². The zero-order chi connectivity index (χ0) is 17.1. The predicted molar refractivity (Wildman–Crippen MR) is 100 cm³/mol. The van der Waals surface area contributed by atoms with E-state index in [9.17, 15) is 4.79 Å². The summed E-state index contributed by atoms with van der Waals surface area (Å²) in [4.78, 5) is 17.2. The molecule has 0 spiro atoms. The summed E-state index contributed by atoms with van der Waals surface area (Å²) in [7, 11) is 1.58. The standard InChI is InChI=1S/C17H14BrN3O2S/c1-23-13-8-2-10(3-9-13)14(22)15-16(19)21-17(24-15)20-12-6-4-11(18)5-7-12/h2-9H,19H2,1H3,(H,20,21). The molecule has 0 aliphatic rings. The first-order valence-corrected chi connectivity index (χ1v) is 8.65. The van der Waals surface area contributed by atoms with Crippen molar-refractivity contribution in [2.24, 2.45) is 0 Å². The van der Waals surface area contributed by atoms with Gasteiger partial charge >= 0.3 is 0 Å². The summed E-state index contributed by atoms with van der Waals surface area (Å²) in [6.07, 6.45) is 0. The van der Waals surface area contributed by atoms with Crippen LogP contribution >= 0.6 is 27.3 Å². The molecule has 3 N–H and O–H groups in total. The summed E-state index contributed by atoms with van der Waals surface area (Å²) in [6.45, 7) is 0. The molecule has 7 heteroatoms. The third-order valence-electron chi connectivity index (χ3n) is 3.31. The molecule has 0 aliphatic heterocycles. The van der Waals surface area contributed by atoms with Crippen molar-refractivity contribution in [2.45, 2.75) is 0 Å². The molecule has 0 fully saturated rings. The van der Waals surface area contributed by atoms with E-state index in [-0.39, 0.29) is 11.6 Å². The SMILES string of the molecule is COc1ccc(C(=O)c2sc(Nc3ccc(Br)cc3)nc2N)cc1. The Morgan fingerprint density at radius 3 is 2.46 bits per heavy atom. The fourth-order valence-electron chi connectivity index (χ4n) is 2.08. The van der Waals surface area contributed by atoms with Crippen LogP contribution in [0.4, 0.5) is 16.6 Å². The number of anilines is 3. The van der Waals surface area contributed by atoms with Gasteiger partial charge in [0, 0.05) is 15.7 Å². The van der Waals surface area contributed by atoms with Crippen LogP contribution in [-0.4, -0.2) is 17.9 Å². The van der Waals surface area contributed by atoms with E-state index in [2.05, 4.69) is 26.2 Å². The summed E-state index contributed by atoms with van der Waals surface area (Å²) >= 11 is 4.62. The zero-order valence-corrected chi connectivity index (χ0v) is 15.1. The van der Waals surface area contributed by atoms with Gasteiger partial charge in [-0.1, -0.05) is 27.3 Å². The van der Waals surface area contributed by atoms with Gasteiger partial charge in [-0.05, 0) is 48.5 Å². The molecule has 0 radical (unpaired) electrons. The first kappa shape index (κ1) is 16.5. The second-order valence-electron chi connectivity index (χ2n) is 4.92. The number of rotatable bonds is 5. The second-order valence-corrected chi connectivity index (χ2v) is 6.84. The Hall–Kier alpha value is -2.38. The normalized spacial score (nSPS) is 10.4. The van der Waals surface area contributed by atoms with E-state index in [1.54, 1.807) is 31.4 Å². The van der Waals surface area contributed by atoms with Crippen LogP contribution in [-0.2, 0) is 0 Å². The lowest BCUT2D eigenvalue weighted by atomic mass is 10.1. The number of carbonyl (C=O) groups excluding carboxylic acids is 1. The van der Waals surface area contributed by atoms with Crippen LogP contribution in [0.25, 0.3) is 0 Å². The Bertz CT molecular complexity index is 861. The minimum Gasteiger partial charge on any atom is -0.497 e. The number of ketones is 1. The molecular weight excluding hydrogens is 390 g/mol. The molecule has 122 valence electrons. The van der Waals surface area contributed by atoms with Crippen LogP contribution in [0.3, 0.4) is 0 Å². The summed E-state index contributed by atoms with van der Waals surface area (Å²) in [5.41, 5.74) is 7.33. The maximum atomic E-state index is 12.6. The molecule has 3 aromatic rings. The Kier molecular flexibility index (Phi) is 4.82. The van der Waals surface area contributed by atoms with Crippen LogP contribution in [0, 0.1) is 0 Å². The number of nitrogen functional groups attached to an aromatic ring is 1. The van der Waals surface area contributed by atoms with E-state index in [0.29, 0.717) is 21.3 Å². The van der Waals surface area contributed by atoms with E-state index < -0.39 is 0 Å². The van der Waals surface area contributed by atoms with Crippen molar-refractivity contribution in [3.05, 3.63) is 63.4 Å². The average Bonchev–Trinajstić information content (AvgIpc) is 2.96. The number of hydrogen-bond acceptors (Lipinski definition) is 6. The number of aromatic nitrogens is 1. The Morgan fingerprint density at radius 2 is 1.83 bits per heavy atom. The van der Waals surface area contributed by atoms with Crippen LogP contribution < -0.4 is 15.8 Å². The number of ether oxygens (including phenoxy) is 1. The summed E-state index contributed by atoms with van der Waals surface area (Å²) < 4.78 is 6.09.